The first-order chi connectivity index (χ1) is 9.34. The lowest BCUT2D eigenvalue weighted by molar-refractivity contribution is 0.242. The van der Waals surface area contributed by atoms with Gasteiger partial charge in [0.1, 0.15) is 4.90 Å². The highest BCUT2D eigenvalue weighted by Crippen LogP contribution is 2.28. The van der Waals surface area contributed by atoms with E-state index in [1.165, 1.54) is 22.5 Å². The average molecular weight is 402 g/mol. The van der Waals surface area contributed by atoms with Crippen molar-refractivity contribution in [2.45, 2.75) is 30.7 Å². The van der Waals surface area contributed by atoms with Gasteiger partial charge in [-0.1, -0.05) is 6.07 Å². The molecule has 1 heterocycles. The van der Waals surface area contributed by atoms with Crippen LogP contribution in [0.5, 0.6) is 0 Å². The molecule has 2 unspecified atom stereocenters. The van der Waals surface area contributed by atoms with E-state index in [1.54, 1.807) is 0 Å². The van der Waals surface area contributed by atoms with Gasteiger partial charge in [-0.25, -0.2) is 12.8 Å². The van der Waals surface area contributed by atoms with Gasteiger partial charge in [-0.15, -0.1) is 12.4 Å². The van der Waals surface area contributed by atoms with Crippen molar-refractivity contribution in [2.75, 3.05) is 13.1 Å². The van der Waals surface area contributed by atoms with Crippen LogP contribution in [0.15, 0.2) is 27.6 Å². The van der Waals surface area contributed by atoms with Crippen LogP contribution < -0.4 is 5.73 Å². The zero-order valence-corrected chi connectivity index (χ0v) is 14.8. The van der Waals surface area contributed by atoms with Crippen LogP contribution >= 0.6 is 28.3 Å². The van der Waals surface area contributed by atoms with Crippen LogP contribution in [0, 0.1) is 11.7 Å². The number of hydrogen-bond acceptors (Lipinski definition) is 3. The van der Waals surface area contributed by atoms with Crippen LogP contribution in [0.2, 0.25) is 0 Å². The molecule has 0 spiro atoms. The quantitative estimate of drug-likeness (QED) is 0.847. The minimum atomic E-state index is -3.81. The van der Waals surface area contributed by atoms with Crippen molar-refractivity contribution in [3.63, 3.8) is 0 Å². The number of nitrogens with two attached hydrogens (primary N) is 1. The van der Waals surface area contributed by atoms with Crippen molar-refractivity contribution in [1.82, 2.24) is 4.31 Å². The van der Waals surface area contributed by atoms with Crippen LogP contribution in [0.1, 0.15) is 19.8 Å². The summed E-state index contributed by atoms with van der Waals surface area (Å²) >= 11 is 3.02. The molecule has 120 valence electrons. The van der Waals surface area contributed by atoms with Crippen molar-refractivity contribution >= 4 is 38.4 Å². The largest absolute Gasteiger partial charge is 0.328 e. The van der Waals surface area contributed by atoms with E-state index in [1.807, 2.05) is 6.92 Å². The smallest absolute Gasteiger partial charge is 0.246 e. The number of benzene rings is 1. The van der Waals surface area contributed by atoms with E-state index in [0.717, 1.165) is 12.8 Å². The number of hydrogen-bond donors (Lipinski definition) is 1. The molecule has 2 rings (SSSR count). The van der Waals surface area contributed by atoms with Gasteiger partial charge in [-0.2, -0.15) is 4.31 Å². The summed E-state index contributed by atoms with van der Waals surface area (Å²) in [6, 6.07) is 4.23. The van der Waals surface area contributed by atoms with Crippen LogP contribution in [-0.4, -0.2) is 31.9 Å². The van der Waals surface area contributed by atoms with E-state index in [0.29, 0.717) is 13.1 Å². The van der Waals surface area contributed by atoms with Crippen LogP contribution in [0.25, 0.3) is 0 Å². The topological polar surface area (TPSA) is 63.4 Å². The highest BCUT2D eigenvalue weighted by molar-refractivity contribution is 9.10. The zero-order valence-electron chi connectivity index (χ0n) is 11.6. The summed E-state index contributed by atoms with van der Waals surface area (Å²) in [5, 5.41) is 0. The van der Waals surface area contributed by atoms with Crippen LogP contribution in [0.4, 0.5) is 4.39 Å². The lowest BCUT2D eigenvalue weighted by Crippen LogP contribution is -2.45. The monoisotopic (exact) mass is 400 g/mol. The molecule has 4 nitrogen and oxygen atoms in total. The Morgan fingerprint density at radius 3 is 2.76 bits per heavy atom. The second-order valence-electron chi connectivity index (χ2n) is 5.18. The fourth-order valence-electron chi connectivity index (χ4n) is 2.44. The lowest BCUT2D eigenvalue weighted by Gasteiger charge is -2.33. The molecule has 1 aromatic carbocycles. The number of nitrogens with zero attached hydrogens (tertiary/aromatic N) is 1. The first-order valence-corrected chi connectivity index (χ1v) is 8.77. The van der Waals surface area contributed by atoms with Crippen molar-refractivity contribution in [3.05, 3.63) is 28.5 Å². The third kappa shape index (κ3) is 3.96. The molecule has 1 saturated heterocycles. The maximum atomic E-state index is 14.0. The summed E-state index contributed by atoms with van der Waals surface area (Å²) in [6.07, 6.45) is 1.66. The molecule has 2 atom stereocenters. The molecular formula is C13H19BrClFN2O2S. The summed E-state index contributed by atoms with van der Waals surface area (Å²) in [7, 11) is -3.81. The van der Waals surface area contributed by atoms with Gasteiger partial charge in [0.05, 0.1) is 4.47 Å². The normalized spacial score (nSPS) is 21.6. The van der Waals surface area contributed by atoms with E-state index >= 15 is 0 Å². The summed E-state index contributed by atoms with van der Waals surface area (Å²) in [4.78, 5) is -0.280. The third-order valence-corrected chi connectivity index (χ3v) is 6.19. The molecule has 0 bridgehead atoms. The number of rotatable bonds is 3. The number of piperidine rings is 1. The number of halogens is 3. The highest BCUT2D eigenvalue weighted by Gasteiger charge is 2.33. The van der Waals surface area contributed by atoms with Gasteiger partial charge in [0.2, 0.25) is 10.0 Å². The summed E-state index contributed by atoms with van der Waals surface area (Å²) in [5.74, 6) is -0.621. The molecule has 1 aliphatic rings. The molecule has 0 saturated carbocycles. The minimum Gasteiger partial charge on any atom is -0.328 e. The van der Waals surface area contributed by atoms with Crippen molar-refractivity contribution in [1.29, 1.82) is 0 Å². The van der Waals surface area contributed by atoms with Gasteiger partial charge in [-0.05, 0) is 53.7 Å². The summed E-state index contributed by atoms with van der Waals surface area (Å²) in [6.45, 7) is 2.64. The standard InChI is InChI=1S/C13H18BrFN2O2S.ClH/c1-9(16)10-4-3-7-17(8-10)20(18,19)12-6-2-5-11(14)13(12)15;/h2,5-6,9-10H,3-4,7-8,16H2,1H3;1H. The van der Waals surface area contributed by atoms with Gasteiger partial charge in [0, 0.05) is 19.1 Å². The highest BCUT2D eigenvalue weighted by atomic mass is 79.9. The first-order valence-electron chi connectivity index (χ1n) is 6.53. The Morgan fingerprint density at radius 2 is 2.14 bits per heavy atom. The Hall–Kier alpha value is -0.210. The molecule has 1 aromatic rings. The molecule has 0 aromatic heterocycles. The van der Waals surface area contributed by atoms with Crippen molar-refractivity contribution in [2.24, 2.45) is 11.7 Å². The second kappa shape index (κ2) is 7.37. The molecule has 8 heteroatoms. The molecule has 2 N–H and O–H groups in total. The molecule has 0 amide bonds. The van der Waals surface area contributed by atoms with Gasteiger partial charge in [0.25, 0.3) is 0 Å². The molecule has 0 aliphatic carbocycles. The molecular weight excluding hydrogens is 383 g/mol. The van der Waals surface area contributed by atoms with E-state index in [-0.39, 0.29) is 33.7 Å². The maximum Gasteiger partial charge on any atom is 0.246 e. The van der Waals surface area contributed by atoms with Gasteiger partial charge in [-0.3, -0.25) is 0 Å². The summed E-state index contributed by atoms with van der Waals surface area (Å²) in [5.41, 5.74) is 5.86. The van der Waals surface area contributed by atoms with Crippen molar-refractivity contribution < 1.29 is 12.8 Å². The Labute approximate surface area is 139 Å². The van der Waals surface area contributed by atoms with E-state index in [9.17, 15) is 12.8 Å². The van der Waals surface area contributed by atoms with Gasteiger partial charge >= 0.3 is 0 Å². The second-order valence-corrected chi connectivity index (χ2v) is 7.94. The fraction of sp³-hybridized carbons (Fsp3) is 0.538. The third-order valence-electron chi connectivity index (χ3n) is 3.70. The Kier molecular flexibility index (Phi) is 6.61. The predicted octanol–water partition coefficient (Wildman–Crippen LogP) is 2.76. The molecule has 21 heavy (non-hydrogen) atoms. The maximum absolute atomic E-state index is 14.0. The Morgan fingerprint density at radius 1 is 1.48 bits per heavy atom. The Balaban J connectivity index is 0.00000220. The molecule has 0 radical (unpaired) electrons. The van der Waals surface area contributed by atoms with Gasteiger partial charge < -0.3 is 5.73 Å². The Bertz CT molecular complexity index is 598. The van der Waals surface area contributed by atoms with E-state index < -0.39 is 15.8 Å². The number of sulfonamides is 1. The average Bonchev–Trinajstić information content (AvgIpc) is 2.41. The predicted molar refractivity (Wildman–Crippen MR) is 86.5 cm³/mol. The van der Waals surface area contributed by atoms with Crippen LogP contribution in [-0.2, 0) is 10.0 Å². The van der Waals surface area contributed by atoms with E-state index in [2.05, 4.69) is 15.9 Å². The summed E-state index contributed by atoms with van der Waals surface area (Å²) < 4.78 is 40.6. The van der Waals surface area contributed by atoms with Crippen LogP contribution in [0.3, 0.4) is 0 Å². The van der Waals surface area contributed by atoms with Crippen molar-refractivity contribution in [3.8, 4) is 0 Å². The van der Waals surface area contributed by atoms with Gasteiger partial charge in [0.15, 0.2) is 5.82 Å². The SMILES string of the molecule is CC(N)C1CCCN(S(=O)(=O)c2cccc(Br)c2F)C1.Cl. The molecule has 1 fully saturated rings. The minimum absolute atomic E-state index is 0. The van der Waals surface area contributed by atoms with E-state index in [4.69, 9.17) is 5.73 Å². The first kappa shape index (κ1) is 18.8. The molecule has 1 aliphatic heterocycles. The fourth-order valence-corrected chi connectivity index (χ4v) is 4.56. The zero-order chi connectivity index (χ0) is 14.9. The lowest BCUT2D eigenvalue weighted by atomic mass is 9.93.